The highest BCUT2D eigenvalue weighted by Crippen LogP contribution is 2.26. The molecular formula is C19H27N3OS2. The first-order valence-electron chi connectivity index (χ1n) is 8.62. The number of hydrogen-bond acceptors (Lipinski definition) is 5. The van der Waals surface area contributed by atoms with Crippen molar-refractivity contribution < 1.29 is 4.79 Å². The van der Waals surface area contributed by atoms with Gasteiger partial charge in [0.25, 0.3) is 5.91 Å². The number of benzene rings is 1. The molecule has 0 saturated carbocycles. The first kappa shape index (κ1) is 19.9. The van der Waals surface area contributed by atoms with Gasteiger partial charge in [-0.2, -0.15) is 0 Å². The number of thioether (sulfide) groups is 1. The van der Waals surface area contributed by atoms with Crippen molar-refractivity contribution in [2.75, 3.05) is 13.1 Å². The summed E-state index contributed by atoms with van der Waals surface area (Å²) in [6.07, 6.45) is 0. The maximum Gasteiger partial charge on any atom is 0.252 e. The molecule has 0 aliphatic carbocycles. The van der Waals surface area contributed by atoms with Gasteiger partial charge in [-0.3, -0.25) is 9.69 Å². The SMILES string of the molecule is CC(C)N(CCNC(=O)c1ccccc1SCc1cscn1)C(C)C. The molecule has 2 rings (SSSR count). The molecule has 0 fully saturated rings. The molecule has 1 aromatic heterocycles. The Morgan fingerprint density at radius 1 is 1.24 bits per heavy atom. The fourth-order valence-corrected chi connectivity index (χ4v) is 4.36. The van der Waals surface area contributed by atoms with Crippen molar-refractivity contribution in [3.05, 3.63) is 46.4 Å². The molecule has 0 atom stereocenters. The lowest BCUT2D eigenvalue weighted by Crippen LogP contribution is -2.42. The van der Waals surface area contributed by atoms with Crippen LogP contribution in [0.1, 0.15) is 43.7 Å². The Kier molecular flexibility index (Phi) is 7.93. The molecule has 4 nitrogen and oxygen atoms in total. The predicted molar refractivity (Wildman–Crippen MR) is 107 cm³/mol. The number of nitrogens with one attached hydrogen (secondary N) is 1. The summed E-state index contributed by atoms with van der Waals surface area (Å²) in [5.41, 5.74) is 3.63. The summed E-state index contributed by atoms with van der Waals surface area (Å²) in [7, 11) is 0. The van der Waals surface area contributed by atoms with Gasteiger partial charge < -0.3 is 5.32 Å². The Morgan fingerprint density at radius 2 is 1.96 bits per heavy atom. The van der Waals surface area contributed by atoms with Crippen LogP contribution in [0.5, 0.6) is 0 Å². The Bertz CT molecular complexity index is 648. The molecule has 0 radical (unpaired) electrons. The minimum Gasteiger partial charge on any atom is -0.351 e. The van der Waals surface area contributed by atoms with Gasteiger partial charge >= 0.3 is 0 Å². The van der Waals surface area contributed by atoms with Crippen LogP contribution in [0.15, 0.2) is 40.1 Å². The van der Waals surface area contributed by atoms with E-state index in [1.54, 1.807) is 23.1 Å². The average Bonchev–Trinajstić information content (AvgIpc) is 3.09. The van der Waals surface area contributed by atoms with E-state index in [0.717, 1.165) is 28.5 Å². The van der Waals surface area contributed by atoms with E-state index in [2.05, 4.69) is 42.9 Å². The van der Waals surface area contributed by atoms with Gasteiger partial charge in [-0.1, -0.05) is 12.1 Å². The molecule has 25 heavy (non-hydrogen) atoms. The molecule has 0 unspecified atom stereocenters. The highest BCUT2D eigenvalue weighted by molar-refractivity contribution is 7.98. The van der Waals surface area contributed by atoms with E-state index in [-0.39, 0.29) is 5.91 Å². The van der Waals surface area contributed by atoms with Gasteiger partial charge in [0.05, 0.1) is 16.8 Å². The molecule has 136 valence electrons. The van der Waals surface area contributed by atoms with Crippen LogP contribution in [0.3, 0.4) is 0 Å². The fourth-order valence-electron chi connectivity index (χ4n) is 2.75. The van der Waals surface area contributed by atoms with E-state index >= 15 is 0 Å². The number of carbonyl (C=O) groups is 1. The quantitative estimate of drug-likeness (QED) is 0.662. The van der Waals surface area contributed by atoms with Gasteiger partial charge in [-0.15, -0.1) is 23.1 Å². The molecule has 6 heteroatoms. The average molecular weight is 378 g/mol. The monoisotopic (exact) mass is 377 g/mol. The van der Waals surface area contributed by atoms with Crippen LogP contribution in [-0.2, 0) is 5.75 Å². The Balaban J connectivity index is 1.92. The maximum atomic E-state index is 12.6. The van der Waals surface area contributed by atoms with E-state index in [1.807, 2.05) is 35.2 Å². The smallest absolute Gasteiger partial charge is 0.252 e. The van der Waals surface area contributed by atoms with Crippen LogP contribution < -0.4 is 5.32 Å². The third-order valence-corrected chi connectivity index (χ3v) is 5.72. The standard InChI is InChI=1S/C19H27N3OS2/c1-14(2)22(15(3)4)10-9-20-19(23)17-7-5-6-8-18(17)25-12-16-11-24-13-21-16/h5-8,11,13-15H,9-10,12H2,1-4H3,(H,20,23). The molecule has 0 saturated heterocycles. The summed E-state index contributed by atoms with van der Waals surface area (Å²) in [4.78, 5) is 20.3. The van der Waals surface area contributed by atoms with Gasteiger partial charge in [0.2, 0.25) is 0 Å². The van der Waals surface area contributed by atoms with Crippen LogP contribution in [0.25, 0.3) is 0 Å². The third-order valence-electron chi connectivity index (χ3n) is 3.97. The van der Waals surface area contributed by atoms with E-state index < -0.39 is 0 Å². The summed E-state index contributed by atoms with van der Waals surface area (Å²) < 4.78 is 0. The summed E-state index contributed by atoms with van der Waals surface area (Å²) in [5.74, 6) is 0.774. The van der Waals surface area contributed by atoms with Gasteiger partial charge in [-0.05, 0) is 39.8 Å². The van der Waals surface area contributed by atoms with Crippen molar-refractivity contribution in [2.45, 2.75) is 50.4 Å². The fraction of sp³-hybridized carbons (Fsp3) is 0.474. The highest BCUT2D eigenvalue weighted by atomic mass is 32.2. The summed E-state index contributed by atoms with van der Waals surface area (Å²) in [6.45, 7) is 10.3. The molecule has 0 bridgehead atoms. The molecule has 1 N–H and O–H groups in total. The molecular weight excluding hydrogens is 350 g/mol. The number of carbonyl (C=O) groups excluding carboxylic acids is 1. The molecule has 1 aromatic carbocycles. The predicted octanol–water partition coefficient (Wildman–Crippen LogP) is 4.28. The van der Waals surface area contributed by atoms with Crippen molar-refractivity contribution in [2.24, 2.45) is 0 Å². The van der Waals surface area contributed by atoms with Crippen LogP contribution in [0.4, 0.5) is 0 Å². The zero-order chi connectivity index (χ0) is 18.2. The van der Waals surface area contributed by atoms with Crippen LogP contribution in [0.2, 0.25) is 0 Å². The minimum atomic E-state index is -0.00570. The number of rotatable bonds is 9. The van der Waals surface area contributed by atoms with E-state index in [4.69, 9.17) is 0 Å². The first-order valence-corrected chi connectivity index (χ1v) is 10.5. The maximum absolute atomic E-state index is 12.6. The molecule has 0 spiro atoms. The lowest BCUT2D eigenvalue weighted by atomic mass is 10.2. The largest absolute Gasteiger partial charge is 0.351 e. The topological polar surface area (TPSA) is 45.2 Å². The number of nitrogens with zero attached hydrogens (tertiary/aromatic N) is 2. The van der Waals surface area contributed by atoms with E-state index in [1.165, 1.54) is 0 Å². The van der Waals surface area contributed by atoms with Crippen molar-refractivity contribution in [1.29, 1.82) is 0 Å². The summed E-state index contributed by atoms with van der Waals surface area (Å²) in [5, 5.41) is 5.11. The van der Waals surface area contributed by atoms with Gasteiger partial charge in [0.15, 0.2) is 0 Å². The summed E-state index contributed by atoms with van der Waals surface area (Å²) in [6, 6.07) is 8.72. The Morgan fingerprint density at radius 3 is 2.60 bits per heavy atom. The Hall–Kier alpha value is -1.37. The van der Waals surface area contributed by atoms with Crippen molar-refractivity contribution in [3.8, 4) is 0 Å². The van der Waals surface area contributed by atoms with Gasteiger partial charge in [0.1, 0.15) is 0 Å². The minimum absolute atomic E-state index is 0.00570. The number of amides is 1. The molecule has 1 amide bonds. The number of aromatic nitrogens is 1. The second-order valence-electron chi connectivity index (χ2n) is 6.45. The van der Waals surface area contributed by atoms with Crippen molar-refractivity contribution >= 4 is 29.0 Å². The number of thiazole rings is 1. The second kappa shape index (κ2) is 9.94. The van der Waals surface area contributed by atoms with E-state index in [0.29, 0.717) is 18.6 Å². The molecule has 2 aromatic rings. The zero-order valence-electron chi connectivity index (χ0n) is 15.4. The van der Waals surface area contributed by atoms with Crippen LogP contribution in [-0.4, -0.2) is 41.0 Å². The third kappa shape index (κ3) is 6.13. The zero-order valence-corrected chi connectivity index (χ0v) is 17.0. The Labute approximate surface area is 159 Å². The van der Waals surface area contributed by atoms with Crippen molar-refractivity contribution in [1.82, 2.24) is 15.2 Å². The lowest BCUT2D eigenvalue weighted by molar-refractivity contribution is 0.0936. The molecule has 0 aliphatic rings. The molecule has 0 aliphatic heterocycles. The molecule has 1 heterocycles. The van der Waals surface area contributed by atoms with Gasteiger partial charge in [-0.25, -0.2) is 4.98 Å². The van der Waals surface area contributed by atoms with Gasteiger partial charge in [0, 0.05) is 41.2 Å². The van der Waals surface area contributed by atoms with E-state index in [9.17, 15) is 4.79 Å². The van der Waals surface area contributed by atoms with Crippen molar-refractivity contribution in [3.63, 3.8) is 0 Å². The normalized spacial score (nSPS) is 11.5. The highest BCUT2D eigenvalue weighted by Gasteiger charge is 2.15. The lowest BCUT2D eigenvalue weighted by Gasteiger charge is -2.30. The van der Waals surface area contributed by atoms with Crippen LogP contribution in [0, 0.1) is 0 Å². The summed E-state index contributed by atoms with van der Waals surface area (Å²) >= 11 is 3.25. The first-order chi connectivity index (χ1) is 12.0. The second-order valence-corrected chi connectivity index (χ2v) is 8.18. The number of hydrogen-bond donors (Lipinski definition) is 1. The van der Waals surface area contributed by atoms with Crippen LogP contribution >= 0.6 is 23.1 Å².